The van der Waals surface area contributed by atoms with Crippen LogP contribution < -0.4 is 4.74 Å². The number of rotatable bonds is 3. The van der Waals surface area contributed by atoms with Crippen LogP contribution in [-0.4, -0.2) is 12.9 Å². The SMILES string of the molecule is COc1c(C)cc(C(=O)c2csc3ccccc23)cc1C. The van der Waals surface area contributed by atoms with E-state index in [4.69, 9.17) is 4.74 Å². The molecule has 3 aromatic rings. The molecule has 0 aliphatic heterocycles. The summed E-state index contributed by atoms with van der Waals surface area (Å²) in [5.41, 5.74) is 3.47. The zero-order chi connectivity index (χ0) is 15.0. The molecule has 3 rings (SSSR count). The fraction of sp³-hybridized carbons (Fsp3) is 0.167. The third-order valence-corrected chi connectivity index (χ3v) is 4.62. The van der Waals surface area contributed by atoms with Gasteiger partial charge in [-0.25, -0.2) is 0 Å². The molecule has 0 aliphatic rings. The lowest BCUT2D eigenvalue weighted by molar-refractivity contribution is 0.104. The van der Waals surface area contributed by atoms with Crippen molar-refractivity contribution in [3.05, 3.63) is 64.0 Å². The summed E-state index contributed by atoms with van der Waals surface area (Å²) in [7, 11) is 1.66. The van der Waals surface area contributed by atoms with E-state index in [0.717, 1.165) is 32.5 Å². The second-order valence-electron chi connectivity index (χ2n) is 5.12. The van der Waals surface area contributed by atoms with Gasteiger partial charge in [0.25, 0.3) is 0 Å². The van der Waals surface area contributed by atoms with E-state index in [1.54, 1.807) is 18.4 Å². The van der Waals surface area contributed by atoms with Gasteiger partial charge in [-0.1, -0.05) is 18.2 Å². The molecule has 0 radical (unpaired) electrons. The van der Waals surface area contributed by atoms with Crippen molar-refractivity contribution in [1.82, 2.24) is 0 Å². The fourth-order valence-electron chi connectivity index (χ4n) is 2.71. The second-order valence-corrected chi connectivity index (χ2v) is 6.03. The van der Waals surface area contributed by atoms with Gasteiger partial charge in [0, 0.05) is 26.6 Å². The quantitative estimate of drug-likeness (QED) is 0.651. The Morgan fingerprint density at radius 3 is 2.43 bits per heavy atom. The van der Waals surface area contributed by atoms with Crippen LogP contribution in [0.15, 0.2) is 41.8 Å². The van der Waals surface area contributed by atoms with Gasteiger partial charge in [0.1, 0.15) is 5.75 Å². The Morgan fingerprint density at radius 2 is 1.76 bits per heavy atom. The van der Waals surface area contributed by atoms with Crippen molar-refractivity contribution < 1.29 is 9.53 Å². The van der Waals surface area contributed by atoms with Gasteiger partial charge in [-0.3, -0.25) is 4.79 Å². The van der Waals surface area contributed by atoms with E-state index in [-0.39, 0.29) is 5.78 Å². The molecule has 2 nitrogen and oxygen atoms in total. The highest BCUT2D eigenvalue weighted by Crippen LogP contribution is 2.30. The first-order valence-electron chi connectivity index (χ1n) is 6.78. The summed E-state index contributed by atoms with van der Waals surface area (Å²) in [5.74, 6) is 0.919. The molecule has 0 saturated carbocycles. The third kappa shape index (κ3) is 2.34. The third-order valence-electron chi connectivity index (χ3n) is 3.65. The molecule has 0 N–H and O–H groups in total. The predicted octanol–water partition coefficient (Wildman–Crippen LogP) is 4.76. The number of aryl methyl sites for hydroxylation is 2. The minimum Gasteiger partial charge on any atom is -0.496 e. The summed E-state index contributed by atoms with van der Waals surface area (Å²) >= 11 is 1.61. The van der Waals surface area contributed by atoms with Crippen LogP contribution in [0.3, 0.4) is 0 Å². The summed E-state index contributed by atoms with van der Waals surface area (Å²) < 4.78 is 6.50. The molecule has 21 heavy (non-hydrogen) atoms. The molecule has 0 fully saturated rings. The topological polar surface area (TPSA) is 26.3 Å². The first kappa shape index (κ1) is 13.8. The standard InChI is InChI=1S/C18H16O2S/c1-11-8-13(9-12(2)18(11)20-3)17(19)15-10-21-16-7-5-4-6-14(15)16/h4-10H,1-3H3. The zero-order valence-electron chi connectivity index (χ0n) is 12.3. The highest BCUT2D eigenvalue weighted by Gasteiger charge is 2.16. The fourth-order valence-corrected chi connectivity index (χ4v) is 3.65. The number of ether oxygens (including phenoxy) is 1. The van der Waals surface area contributed by atoms with Gasteiger partial charge in [0.2, 0.25) is 0 Å². The monoisotopic (exact) mass is 296 g/mol. The zero-order valence-corrected chi connectivity index (χ0v) is 13.1. The molecule has 0 spiro atoms. The maximum absolute atomic E-state index is 12.8. The summed E-state index contributed by atoms with van der Waals surface area (Å²) in [5, 5.41) is 2.97. The van der Waals surface area contributed by atoms with E-state index in [0.29, 0.717) is 5.56 Å². The number of hydrogen-bond donors (Lipinski definition) is 0. The van der Waals surface area contributed by atoms with Crippen LogP contribution in [0.5, 0.6) is 5.75 Å². The van der Waals surface area contributed by atoms with Gasteiger partial charge >= 0.3 is 0 Å². The lowest BCUT2D eigenvalue weighted by atomic mass is 9.98. The van der Waals surface area contributed by atoms with Crippen LogP contribution in [0.25, 0.3) is 10.1 Å². The van der Waals surface area contributed by atoms with Crippen LogP contribution in [0.1, 0.15) is 27.0 Å². The van der Waals surface area contributed by atoms with Crippen molar-refractivity contribution in [3.63, 3.8) is 0 Å². The van der Waals surface area contributed by atoms with E-state index >= 15 is 0 Å². The van der Waals surface area contributed by atoms with Crippen molar-refractivity contribution in [2.45, 2.75) is 13.8 Å². The Labute approximate surface area is 128 Å². The summed E-state index contributed by atoms with van der Waals surface area (Å²) in [6.45, 7) is 3.93. The first-order valence-corrected chi connectivity index (χ1v) is 7.66. The van der Waals surface area contributed by atoms with Gasteiger partial charge in [-0.2, -0.15) is 0 Å². The first-order chi connectivity index (χ1) is 10.1. The van der Waals surface area contributed by atoms with Gasteiger partial charge in [0.15, 0.2) is 5.78 Å². The Bertz CT molecular complexity index is 807. The lowest BCUT2D eigenvalue weighted by Crippen LogP contribution is -2.03. The molecule has 0 atom stereocenters. The normalized spacial score (nSPS) is 10.8. The molecule has 0 aliphatic carbocycles. The lowest BCUT2D eigenvalue weighted by Gasteiger charge is -2.10. The maximum Gasteiger partial charge on any atom is 0.194 e. The smallest absolute Gasteiger partial charge is 0.194 e. The number of thiophene rings is 1. The molecular weight excluding hydrogens is 280 g/mol. The number of ketones is 1. The average Bonchev–Trinajstić information content (AvgIpc) is 2.90. The Kier molecular flexibility index (Phi) is 3.52. The maximum atomic E-state index is 12.8. The molecule has 0 unspecified atom stereocenters. The van der Waals surface area contributed by atoms with Crippen LogP contribution in [-0.2, 0) is 0 Å². The van der Waals surface area contributed by atoms with Crippen LogP contribution >= 0.6 is 11.3 Å². The van der Waals surface area contributed by atoms with Gasteiger partial charge in [-0.05, 0) is 43.2 Å². The molecule has 0 bridgehead atoms. The van der Waals surface area contributed by atoms with Crippen molar-refractivity contribution in [1.29, 1.82) is 0 Å². The highest BCUT2D eigenvalue weighted by molar-refractivity contribution is 7.17. The molecule has 0 amide bonds. The average molecular weight is 296 g/mol. The number of carbonyl (C=O) groups is 1. The predicted molar refractivity (Wildman–Crippen MR) is 87.7 cm³/mol. The number of benzene rings is 2. The molecule has 106 valence electrons. The summed E-state index contributed by atoms with van der Waals surface area (Å²) in [6.07, 6.45) is 0. The van der Waals surface area contributed by atoms with Crippen LogP contribution in [0, 0.1) is 13.8 Å². The second kappa shape index (κ2) is 5.34. The van der Waals surface area contributed by atoms with E-state index in [1.165, 1.54) is 0 Å². The largest absolute Gasteiger partial charge is 0.496 e. The summed E-state index contributed by atoms with van der Waals surface area (Å²) in [6, 6.07) is 11.8. The van der Waals surface area contributed by atoms with Gasteiger partial charge < -0.3 is 4.74 Å². The Balaban J connectivity index is 2.10. The summed E-state index contributed by atoms with van der Waals surface area (Å²) in [4.78, 5) is 12.8. The molecule has 0 saturated heterocycles. The van der Waals surface area contributed by atoms with Gasteiger partial charge in [0.05, 0.1) is 7.11 Å². The number of fused-ring (bicyclic) bond motifs is 1. The number of carbonyl (C=O) groups excluding carboxylic acids is 1. The van der Waals surface area contributed by atoms with Crippen LogP contribution in [0.2, 0.25) is 0 Å². The number of hydrogen-bond acceptors (Lipinski definition) is 3. The van der Waals surface area contributed by atoms with E-state index in [9.17, 15) is 4.79 Å². The number of methoxy groups -OCH3 is 1. The molecule has 1 heterocycles. The van der Waals surface area contributed by atoms with Crippen molar-refractivity contribution >= 4 is 27.2 Å². The van der Waals surface area contributed by atoms with E-state index in [1.807, 2.05) is 55.6 Å². The van der Waals surface area contributed by atoms with Gasteiger partial charge in [-0.15, -0.1) is 11.3 Å². The molecular formula is C18H16O2S. The molecule has 3 heteroatoms. The van der Waals surface area contributed by atoms with Crippen molar-refractivity contribution in [2.75, 3.05) is 7.11 Å². The van der Waals surface area contributed by atoms with Crippen molar-refractivity contribution in [3.8, 4) is 5.75 Å². The molecule has 1 aromatic heterocycles. The van der Waals surface area contributed by atoms with E-state index in [2.05, 4.69) is 0 Å². The van der Waals surface area contributed by atoms with Crippen LogP contribution in [0.4, 0.5) is 0 Å². The Hall–Kier alpha value is -2.13. The Morgan fingerprint density at radius 1 is 1.10 bits per heavy atom. The van der Waals surface area contributed by atoms with Crippen molar-refractivity contribution in [2.24, 2.45) is 0 Å². The highest BCUT2D eigenvalue weighted by atomic mass is 32.1. The minimum atomic E-state index is 0.0707. The molecule has 2 aromatic carbocycles. The minimum absolute atomic E-state index is 0.0707. The van der Waals surface area contributed by atoms with E-state index < -0.39 is 0 Å².